The van der Waals surface area contributed by atoms with Gasteiger partial charge in [-0.2, -0.15) is 0 Å². The van der Waals surface area contributed by atoms with Crippen molar-refractivity contribution in [2.24, 2.45) is 0 Å². The van der Waals surface area contributed by atoms with Crippen molar-refractivity contribution in [1.29, 1.82) is 0 Å². The number of aromatic carboxylic acids is 1. The van der Waals surface area contributed by atoms with Crippen LogP contribution >= 0.6 is 23.2 Å². The van der Waals surface area contributed by atoms with Gasteiger partial charge in [0.15, 0.2) is 0 Å². The molecule has 0 unspecified atom stereocenters. The molecule has 0 spiro atoms. The Labute approximate surface area is 164 Å². The number of amides is 1. The first kappa shape index (κ1) is 18.8. The summed E-state index contributed by atoms with van der Waals surface area (Å²) in [6, 6.07) is 9.90. The molecule has 1 aromatic heterocycles. The summed E-state index contributed by atoms with van der Waals surface area (Å²) in [7, 11) is 1.55. The molecule has 0 aliphatic carbocycles. The average molecular weight is 405 g/mol. The molecule has 0 bridgehead atoms. The van der Waals surface area contributed by atoms with Crippen LogP contribution < -0.4 is 10.1 Å². The molecule has 0 radical (unpaired) electrons. The van der Waals surface area contributed by atoms with Crippen LogP contribution in [0.2, 0.25) is 10.0 Å². The second kappa shape index (κ2) is 7.73. The van der Waals surface area contributed by atoms with Gasteiger partial charge in [-0.15, -0.1) is 0 Å². The van der Waals surface area contributed by atoms with Gasteiger partial charge < -0.3 is 20.1 Å². The summed E-state index contributed by atoms with van der Waals surface area (Å²) in [5.41, 5.74) is 1.26. The number of halogens is 2. The Hall–Kier alpha value is -2.96. The van der Waals surface area contributed by atoms with E-state index in [1.54, 1.807) is 37.4 Å². The van der Waals surface area contributed by atoms with Crippen molar-refractivity contribution in [3.8, 4) is 5.75 Å². The van der Waals surface area contributed by atoms with Gasteiger partial charge >= 0.3 is 5.97 Å². The largest absolute Gasteiger partial charge is 0.497 e. The van der Waals surface area contributed by atoms with Crippen LogP contribution in [0.3, 0.4) is 0 Å². The smallest absolute Gasteiger partial charge is 0.352 e. The minimum atomic E-state index is -1.17. The average Bonchev–Trinajstić information content (AvgIpc) is 2.99. The van der Waals surface area contributed by atoms with Crippen LogP contribution in [0.25, 0.3) is 17.0 Å². The molecule has 0 fully saturated rings. The summed E-state index contributed by atoms with van der Waals surface area (Å²) in [4.78, 5) is 26.5. The van der Waals surface area contributed by atoms with E-state index in [4.69, 9.17) is 27.9 Å². The number of aromatic nitrogens is 1. The highest BCUT2D eigenvalue weighted by atomic mass is 35.5. The third-order valence-electron chi connectivity index (χ3n) is 3.83. The van der Waals surface area contributed by atoms with E-state index >= 15 is 0 Å². The Bertz CT molecular complexity index is 1060. The fourth-order valence-corrected chi connectivity index (χ4v) is 3.22. The van der Waals surface area contributed by atoms with Crippen LogP contribution in [0.1, 0.15) is 16.1 Å². The Kier molecular flexibility index (Phi) is 5.39. The SMILES string of the molecule is COc1ccc(NC(=O)/C=C/c2c(C(=O)O)[nH]c3cc(Cl)cc(Cl)c23)cc1. The molecule has 2 aromatic carbocycles. The molecule has 0 aliphatic rings. The van der Waals surface area contributed by atoms with Crippen molar-refractivity contribution >= 4 is 57.7 Å². The quantitative estimate of drug-likeness (QED) is 0.530. The number of anilines is 1. The second-order valence-electron chi connectivity index (χ2n) is 5.58. The number of aromatic amines is 1. The van der Waals surface area contributed by atoms with Crippen LogP contribution in [-0.2, 0) is 4.79 Å². The number of ether oxygens (including phenoxy) is 1. The normalized spacial score (nSPS) is 11.1. The van der Waals surface area contributed by atoms with Crippen molar-refractivity contribution in [2.45, 2.75) is 0 Å². The van der Waals surface area contributed by atoms with Gasteiger partial charge in [-0.25, -0.2) is 4.79 Å². The molecule has 3 aromatic rings. The maximum atomic E-state index is 12.2. The van der Waals surface area contributed by atoms with E-state index in [2.05, 4.69) is 10.3 Å². The number of benzene rings is 2. The number of methoxy groups -OCH3 is 1. The molecule has 8 heteroatoms. The van der Waals surface area contributed by atoms with E-state index in [9.17, 15) is 14.7 Å². The van der Waals surface area contributed by atoms with Crippen LogP contribution in [0.5, 0.6) is 5.75 Å². The Morgan fingerprint density at radius 2 is 1.89 bits per heavy atom. The van der Waals surface area contributed by atoms with Crippen molar-refractivity contribution < 1.29 is 19.4 Å². The zero-order chi connectivity index (χ0) is 19.6. The van der Waals surface area contributed by atoms with Gasteiger partial charge in [0.25, 0.3) is 0 Å². The molecule has 0 saturated carbocycles. The standard InChI is InChI=1S/C19H14Cl2N2O4/c1-27-12-4-2-11(3-5-12)22-16(24)7-6-13-17-14(21)8-10(20)9-15(17)23-18(13)19(25)26/h2-9,23H,1H3,(H,22,24)(H,25,26)/b7-6+. The van der Waals surface area contributed by atoms with E-state index in [1.165, 1.54) is 18.2 Å². The zero-order valence-electron chi connectivity index (χ0n) is 14.0. The monoisotopic (exact) mass is 404 g/mol. The molecular weight excluding hydrogens is 391 g/mol. The predicted octanol–water partition coefficient (Wildman–Crippen LogP) is 4.83. The van der Waals surface area contributed by atoms with E-state index < -0.39 is 11.9 Å². The summed E-state index contributed by atoms with van der Waals surface area (Å²) in [5, 5.41) is 13.2. The van der Waals surface area contributed by atoms with Gasteiger partial charge in [0.1, 0.15) is 11.4 Å². The first-order valence-electron chi connectivity index (χ1n) is 7.76. The molecule has 0 aliphatic heterocycles. The molecule has 1 heterocycles. The van der Waals surface area contributed by atoms with Crippen molar-refractivity contribution in [2.75, 3.05) is 12.4 Å². The molecular formula is C19H14Cl2N2O4. The third kappa shape index (κ3) is 4.07. The van der Waals surface area contributed by atoms with Gasteiger partial charge in [-0.1, -0.05) is 23.2 Å². The number of carbonyl (C=O) groups is 2. The summed E-state index contributed by atoms with van der Waals surface area (Å²) < 4.78 is 5.06. The lowest BCUT2D eigenvalue weighted by Crippen LogP contribution is -2.07. The molecule has 0 atom stereocenters. The fraction of sp³-hybridized carbons (Fsp3) is 0.0526. The predicted molar refractivity (Wildman–Crippen MR) is 106 cm³/mol. The molecule has 6 nitrogen and oxygen atoms in total. The Morgan fingerprint density at radius 3 is 2.52 bits per heavy atom. The number of hydrogen-bond acceptors (Lipinski definition) is 3. The van der Waals surface area contributed by atoms with Gasteiger partial charge in [0.2, 0.25) is 5.91 Å². The summed E-state index contributed by atoms with van der Waals surface area (Å²) >= 11 is 12.2. The zero-order valence-corrected chi connectivity index (χ0v) is 15.6. The number of fused-ring (bicyclic) bond motifs is 1. The van der Waals surface area contributed by atoms with Crippen LogP contribution in [0, 0.1) is 0 Å². The maximum Gasteiger partial charge on any atom is 0.352 e. The molecule has 3 N–H and O–H groups in total. The first-order chi connectivity index (χ1) is 12.9. The second-order valence-corrected chi connectivity index (χ2v) is 6.42. The lowest BCUT2D eigenvalue weighted by Gasteiger charge is -2.04. The highest BCUT2D eigenvalue weighted by Crippen LogP contribution is 2.33. The number of carbonyl (C=O) groups excluding carboxylic acids is 1. The van der Waals surface area contributed by atoms with Gasteiger partial charge in [-0.3, -0.25) is 4.79 Å². The minimum absolute atomic E-state index is 0.0809. The van der Waals surface area contributed by atoms with E-state index in [0.717, 1.165) is 0 Å². The highest BCUT2D eigenvalue weighted by Gasteiger charge is 2.18. The van der Waals surface area contributed by atoms with Gasteiger partial charge in [-0.05, 0) is 42.5 Å². The van der Waals surface area contributed by atoms with Crippen molar-refractivity contribution in [1.82, 2.24) is 4.98 Å². The van der Waals surface area contributed by atoms with Gasteiger partial charge in [0, 0.05) is 33.3 Å². The fourth-order valence-electron chi connectivity index (χ4n) is 2.63. The Morgan fingerprint density at radius 1 is 1.19 bits per heavy atom. The number of hydrogen-bond donors (Lipinski definition) is 3. The number of carboxylic acids is 1. The van der Waals surface area contributed by atoms with Crippen molar-refractivity contribution in [3.63, 3.8) is 0 Å². The van der Waals surface area contributed by atoms with E-state index in [0.29, 0.717) is 32.9 Å². The van der Waals surface area contributed by atoms with Crippen LogP contribution in [0.15, 0.2) is 42.5 Å². The molecule has 27 heavy (non-hydrogen) atoms. The third-order valence-corrected chi connectivity index (χ3v) is 4.34. The number of rotatable bonds is 5. The Balaban J connectivity index is 1.91. The molecule has 0 saturated heterocycles. The number of H-pyrrole nitrogens is 1. The maximum absolute atomic E-state index is 12.2. The highest BCUT2D eigenvalue weighted by molar-refractivity contribution is 6.39. The lowest BCUT2D eigenvalue weighted by atomic mass is 10.1. The molecule has 138 valence electrons. The van der Waals surface area contributed by atoms with Crippen LogP contribution in [-0.4, -0.2) is 29.1 Å². The molecule has 3 rings (SSSR count). The number of carboxylic acid groups (broad SMARTS) is 1. The van der Waals surface area contributed by atoms with E-state index in [-0.39, 0.29) is 10.7 Å². The summed E-state index contributed by atoms with van der Waals surface area (Å²) in [5.74, 6) is -0.925. The first-order valence-corrected chi connectivity index (χ1v) is 8.51. The van der Waals surface area contributed by atoms with Gasteiger partial charge in [0.05, 0.1) is 12.1 Å². The van der Waals surface area contributed by atoms with Crippen LogP contribution in [0.4, 0.5) is 5.69 Å². The topological polar surface area (TPSA) is 91.4 Å². The van der Waals surface area contributed by atoms with E-state index in [1.807, 2.05) is 0 Å². The summed E-state index contributed by atoms with van der Waals surface area (Å²) in [6.45, 7) is 0. The number of nitrogens with one attached hydrogen (secondary N) is 2. The summed E-state index contributed by atoms with van der Waals surface area (Å²) in [6.07, 6.45) is 2.64. The lowest BCUT2D eigenvalue weighted by molar-refractivity contribution is -0.111. The van der Waals surface area contributed by atoms with Crippen molar-refractivity contribution in [3.05, 3.63) is 63.8 Å². The minimum Gasteiger partial charge on any atom is -0.497 e. The molecule has 1 amide bonds.